The third-order valence-corrected chi connectivity index (χ3v) is 11.7. The lowest BCUT2D eigenvalue weighted by Crippen LogP contribution is -2.30. The van der Waals surface area contributed by atoms with E-state index < -0.39 is 57.8 Å². The van der Waals surface area contributed by atoms with Crippen LogP contribution in [0.2, 0.25) is 0 Å². The van der Waals surface area contributed by atoms with Gasteiger partial charge in [-0.2, -0.15) is 0 Å². The summed E-state index contributed by atoms with van der Waals surface area (Å²) in [4.78, 5) is 48.2. The van der Waals surface area contributed by atoms with E-state index in [1.165, 1.54) is 57.8 Å². The molecule has 0 radical (unpaired) electrons. The van der Waals surface area contributed by atoms with Gasteiger partial charge in [-0.15, -0.1) is 0 Å². The first-order valence-electron chi connectivity index (χ1n) is 25.5. The first-order chi connectivity index (χ1) is 31.2. The van der Waals surface area contributed by atoms with E-state index in [0.29, 0.717) is 19.3 Å². The number of hydrogen-bond acceptors (Lipinski definition) is 10. The van der Waals surface area contributed by atoms with Crippen molar-refractivity contribution in [3.8, 4) is 0 Å². The summed E-state index contributed by atoms with van der Waals surface area (Å²) in [7, 11) is -4.74. The number of esters is 3. The molecule has 2 N–H and O–H groups in total. The highest BCUT2D eigenvalue weighted by Gasteiger charge is 2.28. The maximum Gasteiger partial charge on any atom is 0.472 e. The van der Waals surface area contributed by atoms with Crippen molar-refractivity contribution in [3.05, 3.63) is 48.6 Å². The molecule has 0 spiro atoms. The number of carbonyl (C=O) groups is 3. The Kier molecular flexibility index (Phi) is 45.1. The van der Waals surface area contributed by atoms with E-state index in [0.717, 1.165) is 109 Å². The van der Waals surface area contributed by atoms with Gasteiger partial charge in [0, 0.05) is 19.3 Å². The zero-order chi connectivity index (χ0) is 47.0. The standard InChI is InChI=1S/C52H93O11P/c1-4-7-10-13-16-19-21-22-23-24-25-26-28-31-34-37-40-43-52(56)63-49(45-59-50(54)41-38-35-32-29-18-15-12-9-6-3)47-61-64(57,58)60-46-48(44-53)62-51(55)42-39-36-33-30-27-20-17-14-11-8-5-2/h7,10,14,16-17,19,22-23,48-49,53H,4-6,8-9,11-13,15,18,20-21,24-47H2,1-3H3,(H,57,58)/b10-7-,17-14-,19-16-,23-22-. The zero-order valence-corrected chi connectivity index (χ0v) is 41.6. The van der Waals surface area contributed by atoms with Crippen molar-refractivity contribution < 1.29 is 52.2 Å². The molecule has 0 aromatic carbocycles. The molecule has 0 aliphatic carbocycles. The number of aliphatic hydroxyl groups is 1. The van der Waals surface area contributed by atoms with Gasteiger partial charge in [0.25, 0.3) is 0 Å². The number of ether oxygens (including phenoxy) is 3. The van der Waals surface area contributed by atoms with Crippen LogP contribution in [-0.4, -0.2) is 66.5 Å². The SMILES string of the molecule is CC/C=C\C/C=C\C/C=C\CCCCCCCCCC(=O)OC(COC(=O)CCCCCCCCCCC)COP(=O)(O)OCC(CO)OC(=O)CCCCCCC/C=C\CCCC. The summed E-state index contributed by atoms with van der Waals surface area (Å²) in [6, 6.07) is 0. The van der Waals surface area contributed by atoms with Crippen LogP contribution < -0.4 is 0 Å². The Balaban J connectivity index is 4.71. The third-order valence-electron chi connectivity index (χ3n) is 10.7. The van der Waals surface area contributed by atoms with Crippen molar-refractivity contribution in [2.45, 2.75) is 238 Å². The highest BCUT2D eigenvalue weighted by atomic mass is 31.2. The van der Waals surface area contributed by atoms with Crippen LogP contribution in [0.3, 0.4) is 0 Å². The van der Waals surface area contributed by atoms with Crippen LogP contribution in [0.25, 0.3) is 0 Å². The van der Waals surface area contributed by atoms with Crippen LogP contribution in [-0.2, 0) is 42.2 Å². The predicted molar refractivity (Wildman–Crippen MR) is 261 cm³/mol. The Morgan fingerprint density at radius 2 is 0.828 bits per heavy atom. The molecule has 12 heteroatoms. The van der Waals surface area contributed by atoms with E-state index in [4.69, 9.17) is 23.3 Å². The summed E-state index contributed by atoms with van der Waals surface area (Å²) in [5.41, 5.74) is 0. The van der Waals surface area contributed by atoms with E-state index in [-0.39, 0.29) is 25.9 Å². The number of aliphatic hydroxyl groups excluding tert-OH is 1. The summed E-state index contributed by atoms with van der Waals surface area (Å²) < 4.78 is 39.2. The fourth-order valence-electron chi connectivity index (χ4n) is 6.82. The smallest absolute Gasteiger partial charge is 0.462 e. The molecule has 3 atom stereocenters. The molecule has 0 aromatic heterocycles. The normalized spacial score (nSPS) is 13.9. The van der Waals surface area contributed by atoms with Crippen LogP contribution in [0.1, 0.15) is 226 Å². The van der Waals surface area contributed by atoms with Crippen molar-refractivity contribution in [1.82, 2.24) is 0 Å². The molecule has 0 heterocycles. The maximum absolute atomic E-state index is 12.8. The van der Waals surface area contributed by atoms with Crippen molar-refractivity contribution in [2.75, 3.05) is 26.4 Å². The molecule has 0 aliphatic rings. The van der Waals surface area contributed by atoms with Gasteiger partial charge in [0.2, 0.25) is 0 Å². The Bertz CT molecular complexity index is 1260. The molecule has 0 aliphatic heterocycles. The molecular formula is C52H93O11P. The monoisotopic (exact) mass is 925 g/mol. The van der Waals surface area contributed by atoms with Gasteiger partial charge >= 0.3 is 25.7 Å². The van der Waals surface area contributed by atoms with E-state index in [1.54, 1.807) is 0 Å². The zero-order valence-electron chi connectivity index (χ0n) is 40.7. The molecule has 0 bridgehead atoms. The van der Waals surface area contributed by atoms with Gasteiger partial charge in [-0.05, 0) is 70.6 Å². The molecule has 64 heavy (non-hydrogen) atoms. The Morgan fingerprint density at radius 1 is 0.453 bits per heavy atom. The molecule has 3 unspecified atom stereocenters. The maximum atomic E-state index is 12.8. The van der Waals surface area contributed by atoms with Crippen LogP contribution in [0.15, 0.2) is 48.6 Å². The van der Waals surface area contributed by atoms with Gasteiger partial charge < -0.3 is 24.2 Å². The van der Waals surface area contributed by atoms with E-state index >= 15 is 0 Å². The molecule has 0 fully saturated rings. The minimum Gasteiger partial charge on any atom is -0.462 e. The summed E-state index contributed by atoms with van der Waals surface area (Å²) >= 11 is 0. The molecular weight excluding hydrogens is 832 g/mol. The van der Waals surface area contributed by atoms with Crippen LogP contribution in [0, 0.1) is 0 Å². The van der Waals surface area contributed by atoms with E-state index in [2.05, 4.69) is 69.4 Å². The van der Waals surface area contributed by atoms with Gasteiger partial charge in [0.1, 0.15) is 12.7 Å². The van der Waals surface area contributed by atoms with Crippen molar-refractivity contribution in [2.24, 2.45) is 0 Å². The summed E-state index contributed by atoms with van der Waals surface area (Å²) in [6.07, 6.45) is 46.6. The lowest BCUT2D eigenvalue weighted by molar-refractivity contribution is -0.161. The van der Waals surface area contributed by atoms with Gasteiger partial charge in [-0.3, -0.25) is 23.4 Å². The second-order valence-electron chi connectivity index (χ2n) is 17.0. The molecule has 0 saturated carbocycles. The lowest BCUT2D eigenvalue weighted by Gasteiger charge is -2.21. The fraction of sp³-hybridized carbons (Fsp3) is 0.788. The number of unbranched alkanes of at least 4 members (excludes halogenated alkanes) is 22. The lowest BCUT2D eigenvalue weighted by atomic mass is 10.1. The van der Waals surface area contributed by atoms with E-state index in [9.17, 15) is 28.9 Å². The second kappa shape index (κ2) is 47.0. The molecule has 0 amide bonds. The van der Waals surface area contributed by atoms with E-state index in [1.807, 2.05) is 0 Å². The number of phosphoric acid groups is 1. The highest BCUT2D eigenvalue weighted by Crippen LogP contribution is 2.43. The van der Waals surface area contributed by atoms with Crippen molar-refractivity contribution in [1.29, 1.82) is 0 Å². The first-order valence-corrected chi connectivity index (χ1v) is 27.0. The molecule has 0 saturated heterocycles. The molecule has 0 aromatic rings. The second-order valence-corrected chi connectivity index (χ2v) is 18.4. The minimum absolute atomic E-state index is 0.157. The molecule has 0 rings (SSSR count). The number of carbonyl (C=O) groups excluding carboxylic acids is 3. The van der Waals surface area contributed by atoms with Gasteiger partial charge in [-0.25, -0.2) is 4.57 Å². The largest absolute Gasteiger partial charge is 0.472 e. The number of hydrogen-bond donors (Lipinski definition) is 2. The number of rotatable bonds is 47. The minimum atomic E-state index is -4.74. The topological polar surface area (TPSA) is 155 Å². The van der Waals surface area contributed by atoms with Gasteiger partial charge in [-0.1, -0.05) is 185 Å². The number of allylic oxidation sites excluding steroid dienone is 8. The van der Waals surface area contributed by atoms with Crippen molar-refractivity contribution >= 4 is 25.7 Å². The third kappa shape index (κ3) is 44.6. The van der Waals surface area contributed by atoms with Crippen molar-refractivity contribution in [3.63, 3.8) is 0 Å². The van der Waals surface area contributed by atoms with Gasteiger partial charge in [0.15, 0.2) is 6.10 Å². The van der Waals surface area contributed by atoms with Crippen LogP contribution in [0.5, 0.6) is 0 Å². The predicted octanol–water partition coefficient (Wildman–Crippen LogP) is 14.2. The average Bonchev–Trinajstić information content (AvgIpc) is 3.28. The summed E-state index contributed by atoms with van der Waals surface area (Å²) in [6.45, 7) is 4.44. The summed E-state index contributed by atoms with van der Waals surface area (Å²) in [5.74, 6) is -1.48. The molecule has 372 valence electrons. The summed E-state index contributed by atoms with van der Waals surface area (Å²) in [5, 5.41) is 9.74. The Morgan fingerprint density at radius 3 is 1.31 bits per heavy atom. The van der Waals surface area contributed by atoms with Gasteiger partial charge in [0.05, 0.1) is 19.8 Å². The van der Waals surface area contributed by atoms with Crippen LogP contribution >= 0.6 is 7.82 Å². The quantitative estimate of drug-likeness (QED) is 0.0197. The molecule has 11 nitrogen and oxygen atoms in total. The highest BCUT2D eigenvalue weighted by molar-refractivity contribution is 7.47. The fourth-order valence-corrected chi connectivity index (χ4v) is 7.61. The van der Waals surface area contributed by atoms with Crippen LogP contribution in [0.4, 0.5) is 0 Å². The Labute approximate surface area is 390 Å². The Hall–Kier alpha value is -2.56. The number of phosphoric ester groups is 1. The first kappa shape index (κ1) is 61.4. The average molecular weight is 925 g/mol.